The lowest BCUT2D eigenvalue weighted by atomic mass is 10.2. The number of aliphatic hydroxyl groups is 1. The standard InChI is InChI=1S/C6H15NO3S/c1-3-11(9,10)7-4-6(2)5-8/h6-8H,3-5H2,1-2H3. The first kappa shape index (κ1) is 10.9. The summed E-state index contributed by atoms with van der Waals surface area (Å²) in [6, 6.07) is 0. The van der Waals surface area contributed by atoms with Gasteiger partial charge in [-0.2, -0.15) is 0 Å². The van der Waals surface area contributed by atoms with Gasteiger partial charge in [-0.05, 0) is 12.8 Å². The van der Waals surface area contributed by atoms with Crippen LogP contribution in [-0.4, -0.2) is 32.4 Å². The van der Waals surface area contributed by atoms with Crippen LogP contribution < -0.4 is 4.72 Å². The van der Waals surface area contributed by atoms with E-state index in [1.54, 1.807) is 13.8 Å². The molecule has 0 saturated heterocycles. The average molecular weight is 181 g/mol. The first-order chi connectivity index (χ1) is 5.02. The molecule has 5 heteroatoms. The molecule has 0 saturated carbocycles. The van der Waals surface area contributed by atoms with Crippen LogP contribution in [0.25, 0.3) is 0 Å². The Balaban J connectivity index is 3.71. The first-order valence-corrected chi connectivity index (χ1v) is 5.25. The van der Waals surface area contributed by atoms with E-state index in [2.05, 4.69) is 4.72 Å². The zero-order valence-electron chi connectivity index (χ0n) is 6.87. The molecule has 0 heterocycles. The molecular formula is C6H15NO3S. The van der Waals surface area contributed by atoms with Gasteiger partial charge in [0, 0.05) is 13.2 Å². The summed E-state index contributed by atoms with van der Waals surface area (Å²) in [6.45, 7) is 3.67. The zero-order valence-corrected chi connectivity index (χ0v) is 7.69. The van der Waals surface area contributed by atoms with Crippen molar-refractivity contribution >= 4 is 10.0 Å². The first-order valence-electron chi connectivity index (χ1n) is 3.60. The lowest BCUT2D eigenvalue weighted by molar-refractivity contribution is 0.238. The van der Waals surface area contributed by atoms with Gasteiger partial charge in [-0.3, -0.25) is 0 Å². The Kier molecular flexibility index (Phi) is 4.63. The van der Waals surface area contributed by atoms with Gasteiger partial charge in [0.05, 0.1) is 5.75 Å². The van der Waals surface area contributed by atoms with Crippen LogP contribution in [-0.2, 0) is 10.0 Å². The molecule has 11 heavy (non-hydrogen) atoms. The van der Waals surface area contributed by atoms with Crippen LogP contribution >= 0.6 is 0 Å². The minimum absolute atomic E-state index is 0.00618. The van der Waals surface area contributed by atoms with E-state index in [1.807, 2.05) is 0 Å². The van der Waals surface area contributed by atoms with E-state index in [0.29, 0.717) is 6.54 Å². The second-order valence-electron chi connectivity index (χ2n) is 2.54. The maximum atomic E-state index is 10.8. The fourth-order valence-electron chi connectivity index (χ4n) is 0.436. The van der Waals surface area contributed by atoms with Crippen molar-refractivity contribution in [2.45, 2.75) is 13.8 Å². The fraction of sp³-hybridized carbons (Fsp3) is 1.00. The minimum Gasteiger partial charge on any atom is -0.396 e. The summed E-state index contributed by atoms with van der Waals surface area (Å²) in [5.74, 6) is 0.0711. The van der Waals surface area contributed by atoms with E-state index >= 15 is 0 Å². The van der Waals surface area contributed by atoms with Crippen molar-refractivity contribution in [1.82, 2.24) is 4.72 Å². The van der Waals surface area contributed by atoms with E-state index in [9.17, 15) is 8.42 Å². The highest BCUT2D eigenvalue weighted by Crippen LogP contribution is 1.91. The van der Waals surface area contributed by atoms with E-state index in [-0.39, 0.29) is 18.3 Å². The SMILES string of the molecule is CCS(=O)(=O)NCC(C)CO. The van der Waals surface area contributed by atoms with Gasteiger partial charge in [0.15, 0.2) is 0 Å². The van der Waals surface area contributed by atoms with Crippen molar-refractivity contribution in [2.24, 2.45) is 5.92 Å². The summed E-state index contributed by atoms with van der Waals surface area (Å²) in [5.41, 5.74) is 0. The molecule has 0 aliphatic heterocycles. The number of hydrogen-bond donors (Lipinski definition) is 2. The highest BCUT2D eigenvalue weighted by atomic mass is 32.2. The minimum atomic E-state index is -3.09. The lowest BCUT2D eigenvalue weighted by Gasteiger charge is -2.08. The molecule has 0 aromatic heterocycles. The third kappa shape index (κ3) is 5.17. The number of hydrogen-bond acceptors (Lipinski definition) is 3. The van der Waals surface area contributed by atoms with Gasteiger partial charge in [0.25, 0.3) is 0 Å². The molecule has 0 fully saturated rings. The van der Waals surface area contributed by atoms with Crippen LogP contribution in [0.5, 0.6) is 0 Å². The third-order valence-electron chi connectivity index (χ3n) is 1.34. The second-order valence-corrected chi connectivity index (χ2v) is 4.64. The van der Waals surface area contributed by atoms with Gasteiger partial charge >= 0.3 is 0 Å². The molecule has 0 spiro atoms. The van der Waals surface area contributed by atoms with E-state index in [4.69, 9.17) is 5.11 Å². The molecular weight excluding hydrogens is 166 g/mol. The van der Waals surface area contributed by atoms with Crippen molar-refractivity contribution in [2.75, 3.05) is 18.9 Å². The molecule has 0 aliphatic rings. The molecule has 0 aromatic rings. The molecule has 0 radical (unpaired) electrons. The Morgan fingerprint density at radius 2 is 2.09 bits per heavy atom. The van der Waals surface area contributed by atoms with Crippen molar-refractivity contribution < 1.29 is 13.5 Å². The summed E-state index contributed by atoms with van der Waals surface area (Å²) in [7, 11) is -3.09. The molecule has 1 atom stereocenters. The molecule has 1 unspecified atom stereocenters. The molecule has 0 aromatic carbocycles. The van der Waals surface area contributed by atoms with Crippen LogP contribution in [0.1, 0.15) is 13.8 Å². The van der Waals surface area contributed by atoms with E-state index < -0.39 is 10.0 Å². The Hall–Kier alpha value is -0.130. The number of aliphatic hydroxyl groups excluding tert-OH is 1. The largest absolute Gasteiger partial charge is 0.396 e. The van der Waals surface area contributed by atoms with Crippen molar-refractivity contribution in [1.29, 1.82) is 0 Å². The quantitative estimate of drug-likeness (QED) is 0.604. The number of sulfonamides is 1. The van der Waals surface area contributed by atoms with Gasteiger partial charge in [0.2, 0.25) is 10.0 Å². The smallest absolute Gasteiger partial charge is 0.211 e. The molecule has 0 bridgehead atoms. The maximum Gasteiger partial charge on any atom is 0.211 e. The van der Waals surface area contributed by atoms with Gasteiger partial charge < -0.3 is 5.11 Å². The third-order valence-corrected chi connectivity index (χ3v) is 2.71. The highest BCUT2D eigenvalue weighted by Gasteiger charge is 2.07. The van der Waals surface area contributed by atoms with Gasteiger partial charge in [-0.1, -0.05) is 6.92 Å². The van der Waals surface area contributed by atoms with Gasteiger partial charge in [-0.25, -0.2) is 13.1 Å². The summed E-state index contributed by atoms with van der Waals surface area (Å²) in [6.07, 6.45) is 0. The van der Waals surface area contributed by atoms with Crippen LogP contribution in [0.2, 0.25) is 0 Å². The highest BCUT2D eigenvalue weighted by molar-refractivity contribution is 7.89. The fourth-order valence-corrected chi connectivity index (χ4v) is 1.18. The summed E-state index contributed by atoms with van der Waals surface area (Å²) >= 11 is 0. The summed E-state index contributed by atoms with van der Waals surface area (Å²) in [4.78, 5) is 0. The van der Waals surface area contributed by atoms with Crippen molar-refractivity contribution in [3.63, 3.8) is 0 Å². The van der Waals surface area contributed by atoms with Crippen molar-refractivity contribution in [3.8, 4) is 0 Å². The predicted octanol–water partition coefficient (Wildman–Crippen LogP) is -0.446. The van der Waals surface area contributed by atoms with Crippen LogP contribution in [0.4, 0.5) is 0 Å². The molecule has 0 amide bonds. The Morgan fingerprint density at radius 1 is 1.55 bits per heavy atom. The molecule has 0 aliphatic carbocycles. The predicted molar refractivity (Wildman–Crippen MR) is 43.7 cm³/mol. The second kappa shape index (κ2) is 4.69. The van der Waals surface area contributed by atoms with Crippen LogP contribution in [0.15, 0.2) is 0 Å². The Morgan fingerprint density at radius 3 is 2.45 bits per heavy atom. The van der Waals surface area contributed by atoms with Crippen LogP contribution in [0.3, 0.4) is 0 Å². The topological polar surface area (TPSA) is 66.4 Å². The average Bonchev–Trinajstić information content (AvgIpc) is 2.00. The molecule has 4 nitrogen and oxygen atoms in total. The Bertz CT molecular complexity index is 188. The normalized spacial score (nSPS) is 14.8. The van der Waals surface area contributed by atoms with Crippen molar-refractivity contribution in [3.05, 3.63) is 0 Å². The number of nitrogens with one attached hydrogen (secondary N) is 1. The van der Waals surface area contributed by atoms with Crippen LogP contribution in [0, 0.1) is 5.92 Å². The monoisotopic (exact) mass is 181 g/mol. The van der Waals surface area contributed by atoms with E-state index in [1.165, 1.54) is 0 Å². The Labute approximate surface area is 67.7 Å². The molecule has 68 valence electrons. The zero-order chi connectivity index (χ0) is 8.91. The number of rotatable bonds is 5. The lowest BCUT2D eigenvalue weighted by Crippen LogP contribution is -2.30. The van der Waals surface area contributed by atoms with Gasteiger partial charge in [0.1, 0.15) is 0 Å². The van der Waals surface area contributed by atoms with E-state index in [0.717, 1.165) is 0 Å². The molecule has 0 rings (SSSR count). The maximum absolute atomic E-state index is 10.8. The summed E-state index contributed by atoms with van der Waals surface area (Å²) in [5, 5.41) is 8.57. The molecule has 2 N–H and O–H groups in total. The summed E-state index contributed by atoms with van der Waals surface area (Å²) < 4.78 is 24.0. The van der Waals surface area contributed by atoms with Gasteiger partial charge in [-0.15, -0.1) is 0 Å².